The normalized spacial score (nSPS) is 25.9. The molecule has 2 aliphatic heterocycles. The standard InChI is InChI=1S/C20H28N2O5/c1-19(2,27-15-8-5-4-7-14(15)26-3)18(25)22-12-9-16(23)20(13-22)10-6-11-21-17(20)24/h4-5,7-8,16,23H,6,9-13H2,1-3H3,(H,21,24)/t16-,20+/m0/s1. The monoisotopic (exact) mass is 376 g/mol. The zero-order chi connectivity index (χ0) is 19.7. The third-order valence-corrected chi connectivity index (χ3v) is 5.56. The van der Waals surface area contributed by atoms with E-state index in [1.54, 1.807) is 38.0 Å². The third kappa shape index (κ3) is 3.60. The summed E-state index contributed by atoms with van der Waals surface area (Å²) < 4.78 is 11.3. The number of methoxy groups -OCH3 is 1. The van der Waals surface area contributed by atoms with Crippen molar-refractivity contribution in [3.8, 4) is 11.5 Å². The predicted octanol–water partition coefficient (Wildman–Crippen LogP) is 1.34. The van der Waals surface area contributed by atoms with E-state index < -0.39 is 17.1 Å². The van der Waals surface area contributed by atoms with Crippen LogP contribution < -0.4 is 14.8 Å². The van der Waals surface area contributed by atoms with Gasteiger partial charge < -0.3 is 24.8 Å². The molecule has 0 unspecified atom stereocenters. The zero-order valence-corrected chi connectivity index (χ0v) is 16.2. The summed E-state index contributed by atoms with van der Waals surface area (Å²) in [4.78, 5) is 27.4. The third-order valence-electron chi connectivity index (χ3n) is 5.56. The van der Waals surface area contributed by atoms with Crippen molar-refractivity contribution in [3.63, 3.8) is 0 Å². The number of likely N-dealkylation sites (tertiary alicyclic amines) is 1. The number of hydrogen-bond acceptors (Lipinski definition) is 5. The molecule has 0 aliphatic carbocycles. The molecule has 7 heteroatoms. The van der Waals surface area contributed by atoms with E-state index in [0.717, 1.165) is 6.42 Å². The van der Waals surface area contributed by atoms with Crippen LogP contribution in [0.5, 0.6) is 11.5 Å². The average Bonchev–Trinajstić information content (AvgIpc) is 2.65. The lowest BCUT2D eigenvalue weighted by Gasteiger charge is -2.48. The van der Waals surface area contributed by atoms with Gasteiger partial charge in [-0.15, -0.1) is 0 Å². The van der Waals surface area contributed by atoms with Gasteiger partial charge in [0.15, 0.2) is 17.1 Å². The van der Waals surface area contributed by atoms with Gasteiger partial charge >= 0.3 is 0 Å². The largest absolute Gasteiger partial charge is 0.493 e. The number of benzene rings is 1. The summed E-state index contributed by atoms with van der Waals surface area (Å²) >= 11 is 0. The lowest BCUT2D eigenvalue weighted by atomic mass is 9.71. The molecule has 2 aliphatic rings. The number of ether oxygens (including phenoxy) is 2. The first-order chi connectivity index (χ1) is 12.8. The molecular formula is C20H28N2O5. The van der Waals surface area contributed by atoms with E-state index in [1.165, 1.54) is 0 Å². The summed E-state index contributed by atoms with van der Waals surface area (Å²) in [5.41, 5.74) is -2.06. The molecule has 1 spiro atoms. The van der Waals surface area contributed by atoms with Crippen molar-refractivity contribution in [2.24, 2.45) is 5.41 Å². The van der Waals surface area contributed by atoms with E-state index in [1.807, 2.05) is 12.1 Å². The fourth-order valence-corrected chi connectivity index (χ4v) is 4.02. The molecular weight excluding hydrogens is 348 g/mol. The van der Waals surface area contributed by atoms with Gasteiger partial charge in [0.2, 0.25) is 5.91 Å². The van der Waals surface area contributed by atoms with Crippen LogP contribution in [-0.2, 0) is 9.59 Å². The highest BCUT2D eigenvalue weighted by Crippen LogP contribution is 2.38. The van der Waals surface area contributed by atoms with E-state index in [0.29, 0.717) is 37.4 Å². The van der Waals surface area contributed by atoms with Gasteiger partial charge in [-0.25, -0.2) is 0 Å². The Morgan fingerprint density at radius 2 is 2.04 bits per heavy atom. The van der Waals surface area contributed by atoms with Gasteiger partial charge in [-0.2, -0.15) is 0 Å². The van der Waals surface area contributed by atoms with Crippen molar-refractivity contribution in [1.82, 2.24) is 10.2 Å². The van der Waals surface area contributed by atoms with Gasteiger partial charge in [-0.1, -0.05) is 12.1 Å². The smallest absolute Gasteiger partial charge is 0.266 e. The minimum Gasteiger partial charge on any atom is -0.493 e. The first-order valence-corrected chi connectivity index (χ1v) is 9.38. The van der Waals surface area contributed by atoms with Crippen molar-refractivity contribution >= 4 is 11.8 Å². The quantitative estimate of drug-likeness (QED) is 0.828. The van der Waals surface area contributed by atoms with Gasteiger partial charge in [0.25, 0.3) is 5.91 Å². The van der Waals surface area contributed by atoms with Crippen LogP contribution in [0.4, 0.5) is 0 Å². The Kier molecular flexibility index (Phi) is 5.33. The first kappa shape index (κ1) is 19.5. The second-order valence-corrected chi connectivity index (χ2v) is 7.81. The van der Waals surface area contributed by atoms with E-state index in [2.05, 4.69) is 5.32 Å². The number of hydrogen-bond donors (Lipinski definition) is 2. The summed E-state index contributed by atoms with van der Waals surface area (Å²) in [6.07, 6.45) is 1.02. The molecule has 2 amide bonds. The SMILES string of the molecule is COc1ccccc1OC(C)(C)C(=O)N1CC[C@H](O)[C@@]2(CCCNC2=O)C1. The molecule has 2 atom stereocenters. The van der Waals surface area contributed by atoms with Gasteiger partial charge in [0.1, 0.15) is 0 Å². The molecule has 27 heavy (non-hydrogen) atoms. The number of amides is 2. The lowest BCUT2D eigenvalue weighted by Crippen LogP contribution is -2.64. The number of carbonyl (C=O) groups is 2. The van der Waals surface area contributed by atoms with Crippen LogP contribution in [0.2, 0.25) is 0 Å². The minimum atomic E-state index is -1.14. The van der Waals surface area contributed by atoms with Crippen LogP contribution in [0.15, 0.2) is 24.3 Å². The Balaban J connectivity index is 1.78. The molecule has 2 saturated heterocycles. The minimum absolute atomic E-state index is 0.165. The number of para-hydroxylation sites is 2. The van der Waals surface area contributed by atoms with Crippen molar-refractivity contribution in [3.05, 3.63) is 24.3 Å². The fourth-order valence-electron chi connectivity index (χ4n) is 4.02. The van der Waals surface area contributed by atoms with Gasteiger partial charge in [-0.3, -0.25) is 9.59 Å². The maximum absolute atomic E-state index is 13.2. The molecule has 3 rings (SSSR count). The highest BCUT2D eigenvalue weighted by molar-refractivity contribution is 5.88. The number of nitrogens with zero attached hydrogens (tertiary/aromatic N) is 1. The van der Waals surface area contributed by atoms with Crippen LogP contribution in [0, 0.1) is 5.41 Å². The summed E-state index contributed by atoms with van der Waals surface area (Å²) in [5.74, 6) is 0.663. The molecule has 1 aromatic carbocycles. The Bertz CT molecular complexity index is 720. The van der Waals surface area contributed by atoms with E-state index in [-0.39, 0.29) is 18.4 Å². The van der Waals surface area contributed by atoms with Crippen molar-refractivity contribution < 1.29 is 24.2 Å². The molecule has 0 radical (unpaired) electrons. The molecule has 1 aromatic rings. The van der Waals surface area contributed by atoms with E-state index >= 15 is 0 Å². The highest BCUT2D eigenvalue weighted by atomic mass is 16.5. The first-order valence-electron chi connectivity index (χ1n) is 9.38. The Morgan fingerprint density at radius 3 is 2.70 bits per heavy atom. The molecule has 148 valence electrons. The number of rotatable bonds is 4. The molecule has 2 N–H and O–H groups in total. The van der Waals surface area contributed by atoms with Gasteiger partial charge in [0.05, 0.1) is 18.6 Å². The maximum atomic E-state index is 13.2. The number of nitrogens with one attached hydrogen (secondary N) is 1. The number of aliphatic hydroxyl groups excluding tert-OH is 1. The fraction of sp³-hybridized carbons (Fsp3) is 0.600. The van der Waals surface area contributed by atoms with Gasteiger partial charge in [0, 0.05) is 19.6 Å². The van der Waals surface area contributed by atoms with Crippen LogP contribution >= 0.6 is 0 Å². The van der Waals surface area contributed by atoms with Crippen LogP contribution in [0.25, 0.3) is 0 Å². The van der Waals surface area contributed by atoms with Crippen LogP contribution in [-0.4, -0.2) is 60.3 Å². The number of carbonyl (C=O) groups excluding carboxylic acids is 2. The van der Waals surface area contributed by atoms with E-state index in [9.17, 15) is 14.7 Å². The summed E-state index contributed by atoms with van der Waals surface area (Å²) in [5, 5.41) is 13.4. The van der Waals surface area contributed by atoms with Crippen LogP contribution in [0.3, 0.4) is 0 Å². The molecule has 7 nitrogen and oxygen atoms in total. The maximum Gasteiger partial charge on any atom is 0.266 e. The molecule has 2 fully saturated rings. The summed E-state index contributed by atoms with van der Waals surface area (Å²) in [6.45, 7) is 4.63. The molecule has 0 saturated carbocycles. The second-order valence-electron chi connectivity index (χ2n) is 7.81. The number of aliphatic hydroxyl groups is 1. The van der Waals surface area contributed by atoms with Crippen molar-refractivity contribution in [2.45, 2.75) is 44.8 Å². The topological polar surface area (TPSA) is 88.1 Å². The summed E-state index contributed by atoms with van der Waals surface area (Å²) in [7, 11) is 1.55. The average molecular weight is 376 g/mol. The van der Waals surface area contributed by atoms with Crippen molar-refractivity contribution in [1.29, 1.82) is 0 Å². The Morgan fingerprint density at radius 1 is 1.33 bits per heavy atom. The zero-order valence-electron chi connectivity index (χ0n) is 16.2. The predicted molar refractivity (Wildman–Crippen MR) is 99.6 cm³/mol. The molecule has 2 heterocycles. The molecule has 0 aromatic heterocycles. The highest BCUT2D eigenvalue weighted by Gasteiger charge is 2.52. The van der Waals surface area contributed by atoms with Crippen LogP contribution in [0.1, 0.15) is 33.1 Å². The van der Waals surface area contributed by atoms with Gasteiger partial charge in [-0.05, 0) is 45.2 Å². The number of piperidine rings is 2. The Labute approximate surface area is 159 Å². The Hall–Kier alpha value is -2.28. The van der Waals surface area contributed by atoms with Crippen molar-refractivity contribution in [2.75, 3.05) is 26.7 Å². The summed E-state index contributed by atoms with van der Waals surface area (Å²) in [6, 6.07) is 7.17. The van der Waals surface area contributed by atoms with E-state index in [4.69, 9.17) is 9.47 Å². The second kappa shape index (κ2) is 7.38. The molecule has 0 bridgehead atoms. The lowest BCUT2D eigenvalue weighted by molar-refractivity contribution is -0.161.